The second-order valence-corrected chi connectivity index (χ2v) is 4.25. The van der Waals surface area contributed by atoms with Crippen molar-refractivity contribution in [3.8, 4) is 0 Å². The van der Waals surface area contributed by atoms with Crippen LogP contribution in [0.15, 0.2) is 16.5 Å². The van der Waals surface area contributed by atoms with Crippen LogP contribution < -0.4 is 0 Å². The lowest BCUT2D eigenvalue weighted by atomic mass is 10.3. The molecule has 1 aromatic rings. The largest absolute Gasteiger partial charge is 0.440 e. The summed E-state index contributed by atoms with van der Waals surface area (Å²) in [6, 6.07) is 3.18. The van der Waals surface area contributed by atoms with Gasteiger partial charge in [0.15, 0.2) is 11.0 Å². The fourth-order valence-corrected chi connectivity index (χ4v) is 1.85. The Hall–Kier alpha value is -0.480. The first kappa shape index (κ1) is 12.6. The zero-order chi connectivity index (χ0) is 11.3. The van der Waals surface area contributed by atoms with Crippen LogP contribution in [0.1, 0.15) is 23.9 Å². The van der Waals surface area contributed by atoms with Gasteiger partial charge in [0.25, 0.3) is 5.91 Å². The van der Waals surface area contributed by atoms with Crippen LogP contribution in [-0.2, 0) is 0 Å². The average Bonchev–Trinajstić information content (AvgIpc) is 2.63. The molecule has 15 heavy (non-hydrogen) atoms. The van der Waals surface area contributed by atoms with Crippen molar-refractivity contribution in [2.75, 3.05) is 18.4 Å². The summed E-state index contributed by atoms with van der Waals surface area (Å²) in [5.41, 5.74) is 0. The molecule has 1 rings (SSSR count). The Balaban J connectivity index is 2.71. The third-order valence-corrected chi connectivity index (χ3v) is 2.48. The summed E-state index contributed by atoms with van der Waals surface area (Å²) in [6.45, 7) is 3.43. The summed E-state index contributed by atoms with van der Waals surface area (Å²) >= 11 is 8.93. The fraction of sp³-hybridized carbons (Fsp3) is 0.500. The van der Waals surface area contributed by atoms with E-state index in [0.717, 1.165) is 18.3 Å². The number of rotatable bonds is 5. The lowest BCUT2D eigenvalue weighted by Crippen LogP contribution is -2.33. The van der Waals surface area contributed by atoms with E-state index in [1.54, 1.807) is 17.0 Å². The van der Waals surface area contributed by atoms with E-state index in [2.05, 4.69) is 15.9 Å². The van der Waals surface area contributed by atoms with Crippen molar-refractivity contribution in [1.29, 1.82) is 0 Å². The minimum Gasteiger partial charge on any atom is -0.440 e. The highest BCUT2D eigenvalue weighted by Gasteiger charge is 2.17. The van der Waals surface area contributed by atoms with E-state index < -0.39 is 0 Å². The molecule has 0 radical (unpaired) electrons. The molecule has 0 N–H and O–H groups in total. The van der Waals surface area contributed by atoms with Crippen LogP contribution in [0, 0.1) is 0 Å². The van der Waals surface area contributed by atoms with Crippen LogP contribution in [0.4, 0.5) is 0 Å². The number of alkyl halides is 1. The number of carbonyl (C=O) groups is 1. The Bertz CT molecular complexity index is 321. The zero-order valence-corrected chi connectivity index (χ0v) is 10.8. The highest BCUT2D eigenvalue weighted by atomic mass is 79.9. The van der Waals surface area contributed by atoms with Gasteiger partial charge < -0.3 is 9.32 Å². The number of hydrogen-bond donors (Lipinski definition) is 0. The first-order valence-electron chi connectivity index (χ1n) is 4.79. The molecule has 0 spiro atoms. The van der Waals surface area contributed by atoms with E-state index in [-0.39, 0.29) is 11.1 Å². The van der Waals surface area contributed by atoms with Gasteiger partial charge in [0.05, 0.1) is 0 Å². The molecular weight excluding hydrogens is 281 g/mol. The molecule has 0 aromatic carbocycles. The van der Waals surface area contributed by atoms with Crippen molar-refractivity contribution in [3.63, 3.8) is 0 Å². The van der Waals surface area contributed by atoms with Gasteiger partial charge in [-0.25, -0.2) is 0 Å². The van der Waals surface area contributed by atoms with E-state index in [1.165, 1.54) is 0 Å². The summed E-state index contributed by atoms with van der Waals surface area (Å²) in [4.78, 5) is 13.6. The Kier molecular flexibility index (Phi) is 5.19. The van der Waals surface area contributed by atoms with Crippen LogP contribution in [0.25, 0.3) is 0 Å². The minimum absolute atomic E-state index is 0.108. The molecule has 1 aromatic heterocycles. The topological polar surface area (TPSA) is 33.5 Å². The molecular formula is C10H13BrClNO2. The molecule has 0 unspecified atom stereocenters. The van der Waals surface area contributed by atoms with E-state index in [9.17, 15) is 4.79 Å². The smallest absolute Gasteiger partial charge is 0.289 e. The maximum Gasteiger partial charge on any atom is 0.289 e. The number of nitrogens with zero attached hydrogens (tertiary/aromatic N) is 1. The van der Waals surface area contributed by atoms with Gasteiger partial charge >= 0.3 is 0 Å². The van der Waals surface area contributed by atoms with Crippen LogP contribution in [0.5, 0.6) is 0 Å². The number of hydrogen-bond acceptors (Lipinski definition) is 2. The van der Waals surface area contributed by atoms with E-state index in [1.807, 2.05) is 6.92 Å². The van der Waals surface area contributed by atoms with Gasteiger partial charge in [0.1, 0.15) is 0 Å². The number of furan rings is 1. The van der Waals surface area contributed by atoms with Crippen molar-refractivity contribution in [1.82, 2.24) is 4.90 Å². The number of amides is 1. The second kappa shape index (κ2) is 6.18. The van der Waals surface area contributed by atoms with E-state index in [4.69, 9.17) is 16.0 Å². The number of halogens is 2. The first-order chi connectivity index (χ1) is 7.19. The van der Waals surface area contributed by atoms with E-state index >= 15 is 0 Å². The highest BCUT2D eigenvalue weighted by Crippen LogP contribution is 2.15. The van der Waals surface area contributed by atoms with Gasteiger partial charge in [-0.1, -0.05) is 22.9 Å². The lowest BCUT2D eigenvalue weighted by Gasteiger charge is -2.19. The molecule has 84 valence electrons. The monoisotopic (exact) mass is 293 g/mol. The first-order valence-corrected chi connectivity index (χ1v) is 6.29. The molecule has 0 saturated carbocycles. The second-order valence-electron chi connectivity index (χ2n) is 3.08. The van der Waals surface area contributed by atoms with Gasteiger partial charge in [0, 0.05) is 18.4 Å². The Labute approximate surface area is 103 Å². The summed E-state index contributed by atoms with van der Waals surface area (Å²) < 4.78 is 5.08. The highest BCUT2D eigenvalue weighted by molar-refractivity contribution is 9.09. The Morgan fingerprint density at radius 3 is 2.73 bits per heavy atom. The minimum atomic E-state index is -0.108. The van der Waals surface area contributed by atoms with Gasteiger partial charge in [-0.2, -0.15) is 0 Å². The van der Waals surface area contributed by atoms with Crippen LogP contribution >= 0.6 is 27.5 Å². The van der Waals surface area contributed by atoms with Crippen LogP contribution in [-0.4, -0.2) is 29.2 Å². The van der Waals surface area contributed by atoms with Crippen molar-refractivity contribution >= 4 is 33.4 Å². The van der Waals surface area contributed by atoms with Crippen LogP contribution in [0.3, 0.4) is 0 Å². The standard InChI is InChI=1S/C10H13BrClNO2/c1-2-6-13(7-5-11)10(14)8-3-4-9(12)15-8/h3-4H,2,5-7H2,1H3. The predicted molar refractivity (Wildman–Crippen MR) is 63.7 cm³/mol. The van der Waals surface area contributed by atoms with Gasteiger partial charge in [-0.15, -0.1) is 0 Å². The van der Waals surface area contributed by atoms with Crippen molar-refractivity contribution in [3.05, 3.63) is 23.1 Å². The summed E-state index contributed by atoms with van der Waals surface area (Å²) in [7, 11) is 0. The molecule has 0 atom stereocenters. The lowest BCUT2D eigenvalue weighted by molar-refractivity contribution is 0.0734. The van der Waals surface area contributed by atoms with Crippen LogP contribution in [0.2, 0.25) is 5.22 Å². The van der Waals surface area contributed by atoms with Crippen molar-refractivity contribution < 1.29 is 9.21 Å². The Morgan fingerprint density at radius 2 is 2.27 bits per heavy atom. The normalized spacial score (nSPS) is 10.3. The third-order valence-electron chi connectivity index (χ3n) is 1.92. The average molecular weight is 295 g/mol. The maximum absolute atomic E-state index is 11.9. The maximum atomic E-state index is 11.9. The predicted octanol–water partition coefficient (Wildman–Crippen LogP) is 3.18. The molecule has 5 heteroatoms. The Morgan fingerprint density at radius 1 is 1.53 bits per heavy atom. The fourth-order valence-electron chi connectivity index (χ4n) is 1.27. The molecule has 0 saturated heterocycles. The molecule has 1 amide bonds. The molecule has 0 aliphatic carbocycles. The molecule has 0 fully saturated rings. The quantitative estimate of drug-likeness (QED) is 0.782. The molecule has 0 aliphatic rings. The molecule has 3 nitrogen and oxygen atoms in total. The summed E-state index contributed by atoms with van der Waals surface area (Å²) in [6.07, 6.45) is 0.924. The molecule has 0 aliphatic heterocycles. The van der Waals surface area contributed by atoms with E-state index in [0.29, 0.717) is 12.3 Å². The molecule has 1 heterocycles. The van der Waals surface area contributed by atoms with Crippen molar-refractivity contribution in [2.45, 2.75) is 13.3 Å². The van der Waals surface area contributed by atoms with Gasteiger partial charge in [0.2, 0.25) is 0 Å². The van der Waals surface area contributed by atoms with Gasteiger partial charge in [-0.3, -0.25) is 4.79 Å². The zero-order valence-electron chi connectivity index (χ0n) is 8.50. The van der Waals surface area contributed by atoms with Gasteiger partial charge in [-0.05, 0) is 30.2 Å². The third kappa shape index (κ3) is 3.54. The number of carbonyl (C=O) groups excluding carboxylic acids is 1. The summed E-state index contributed by atoms with van der Waals surface area (Å²) in [5, 5.41) is 1.00. The summed E-state index contributed by atoms with van der Waals surface area (Å²) in [5.74, 6) is 0.192. The SMILES string of the molecule is CCCN(CCBr)C(=O)c1ccc(Cl)o1. The van der Waals surface area contributed by atoms with Crippen molar-refractivity contribution in [2.24, 2.45) is 0 Å². The molecule has 0 bridgehead atoms.